The van der Waals surface area contributed by atoms with Crippen LogP contribution < -0.4 is 11.5 Å². The molecule has 0 saturated heterocycles. The SMILES string of the molecule is NCc1cc(C(N)=O)ccc1O. The Morgan fingerprint density at radius 2 is 2.17 bits per heavy atom. The molecule has 12 heavy (non-hydrogen) atoms. The Hall–Kier alpha value is -1.55. The number of carbonyl (C=O) groups is 1. The van der Waals surface area contributed by atoms with E-state index in [9.17, 15) is 9.90 Å². The molecule has 1 aromatic rings. The van der Waals surface area contributed by atoms with Crippen molar-refractivity contribution < 1.29 is 9.90 Å². The molecule has 5 N–H and O–H groups in total. The van der Waals surface area contributed by atoms with Crippen molar-refractivity contribution in [2.75, 3.05) is 0 Å². The lowest BCUT2D eigenvalue weighted by Gasteiger charge is -2.02. The maximum atomic E-state index is 10.7. The molecule has 0 radical (unpaired) electrons. The predicted octanol–water partition coefficient (Wildman–Crippen LogP) is -0.0502. The molecule has 0 atom stereocenters. The van der Waals surface area contributed by atoms with Crippen molar-refractivity contribution in [3.8, 4) is 5.75 Å². The molecular weight excluding hydrogens is 156 g/mol. The van der Waals surface area contributed by atoms with Crippen LogP contribution in [0, 0.1) is 0 Å². The molecule has 0 bridgehead atoms. The standard InChI is InChI=1S/C8H10N2O2/c9-4-6-3-5(8(10)12)1-2-7(6)11/h1-3,11H,4,9H2,(H2,10,12). The molecule has 0 aromatic heterocycles. The first-order chi connectivity index (χ1) is 5.65. The molecule has 0 aliphatic carbocycles. The van der Waals surface area contributed by atoms with Gasteiger partial charge in [-0.25, -0.2) is 0 Å². The molecule has 1 rings (SSSR count). The lowest BCUT2D eigenvalue weighted by Crippen LogP contribution is -2.11. The first-order valence-corrected chi connectivity index (χ1v) is 3.47. The van der Waals surface area contributed by atoms with Gasteiger partial charge in [0.1, 0.15) is 5.75 Å². The van der Waals surface area contributed by atoms with Crippen LogP contribution in [0.15, 0.2) is 18.2 Å². The number of primary amides is 1. The van der Waals surface area contributed by atoms with Crippen molar-refractivity contribution >= 4 is 5.91 Å². The number of phenolic OH excluding ortho intramolecular Hbond substituents is 1. The van der Waals surface area contributed by atoms with Crippen LogP contribution in [0.25, 0.3) is 0 Å². The number of hydrogen-bond donors (Lipinski definition) is 3. The van der Waals surface area contributed by atoms with E-state index < -0.39 is 5.91 Å². The van der Waals surface area contributed by atoms with Crippen LogP contribution in [0.5, 0.6) is 5.75 Å². The van der Waals surface area contributed by atoms with E-state index in [-0.39, 0.29) is 12.3 Å². The Morgan fingerprint density at radius 3 is 2.67 bits per heavy atom. The summed E-state index contributed by atoms with van der Waals surface area (Å²) in [5.41, 5.74) is 11.2. The average molecular weight is 166 g/mol. The zero-order valence-corrected chi connectivity index (χ0v) is 6.45. The van der Waals surface area contributed by atoms with Gasteiger partial charge in [0.25, 0.3) is 0 Å². The van der Waals surface area contributed by atoms with Gasteiger partial charge in [0.2, 0.25) is 5.91 Å². The summed E-state index contributed by atoms with van der Waals surface area (Å²) in [5.74, 6) is -0.438. The number of carbonyl (C=O) groups excluding carboxylic acids is 1. The lowest BCUT2D eigenvalue weighted by molar-refractivity contribution is 0.1000. The fourth-order valence-corrected chi connectivity index (χ4v) is 0.902. The number of hydrogen-bond acceptors (Lipinski definition) is 3. The summed E-state index contributed by atoms with van der Waals surface area (Å²) in [7, 11) is 0. The minimum Gasteiger partial charge on any atom is -0.508 e. The number of aromatic hydroxyl groups is 1. The molecule has 0 saturated carbocycles. The fraction of sp³-hybridized carbons (Fsp3) is 0.125. The molecule has 0 aliphatic heterocycles. The predicted molar refractivity (Wildman–Crippen MR) is 44.5 cm³/mol. The van der Waals surface area contributed by atoms with Crippen LogP contribution in [-0.2, 0) is 6.54 Å². The van der Waals surface area contributed by atoms with E-state index in [4.69, 9.17) is 11.5 Å². The Kier molecular flexibility index (Phi) is 2.30. The molecule has 0 fully saturated rings. The topological polar surface area (TPSA) is 89.3 Å². The van der Waals surface area contributed by atoms with Crippen molar-refractivity contribution in [2.24, 2.45) is 11.5 Å². The lowest BCUT2D eigenvalue weighted by atomic mass is 10.1. The van der Waals surface area contributed by atoms with Gasteiger partial charge < -0.3 is 16.6 Å². The molecule has 4 nitrogen and oxygen atoms in total. The fourth-order valence-electron chi connectivity index (χ4n) is 0.902. The van der Waals surface area contributed by atoms with E-state index in [1.54, 1.807) is 0 Å². The van der Waals surface area contributed by atoms with Gasteiger partial charge in [0.05, 0.1) is 0 Å². The Balaban J connectivity index is 3.13. The third kappa shape index (κ3) is 1.54. The summed E-state index contributed by atoms with van der Waals surface area (Å²) in [4.78, 5) is 10.7. The van der Waals surface area contributed by atoms with Gasteiger partial charge in [0, 0.05) is 17.7 Å². The second-order valence-corrected chi connectivity index (χ2v) is 2.41. The van der Waals surface area contributed by atoms with Crippen LogP contribution in [0.1, 0.15) is 15.9 Å². The van der Waals surface area contributed by atoms with E-state index in [2.05, 4.69) is 0 Å². The normalized spacial score (nSPS) is 9.75. The largest absolute Gasteiger partial charge is 0.508 e. The van der Waals surface area contributed by atoms with E-state index in [1.807, 2.05) is 0 Å². The van der Waals surface area contributed by atoms with Crippen LogP contribution in [0.4, 0.5) is 0 Å². The first kappa shape index (κ1) is 8.55. The maximum Gasteiger partial charge on any atom is 0.248 e. The zero-order chi connectivity index (χ0) is 9.14. The summed E-state index contributed by atoms with van der Waals surface area (Å²) in [5, 5.41) is 9.18. The highest BCUT2D eigenvalue weighted by Gasteiger charge is 2.04. The highest BCUT2D eigenvalue weighted by atomic mass is 16.3. The van der Waals surface area contributed by atoms with Crippen LogP contribution >= 0.6 is 0 Å². The molecule has 0 aliphatic rings. The van der Waals surface area contributed by atoms with Gasteiger partial charge in [-0.05, 0) is 18.2 Å². The highest BCUT2D eigenvalue weighted by Crippen LogP contribution is 2.17. The van der Waals surface area contributed by atoms with Crippen molar-refractivity contribution in [2.45, 2.75) is 6.54 Å². The molecular formula is C8H10N2O2. The number of rotatable bonds is 2. The second kappa shape index (κ2) is 3.23. The Bertz CT molecular complexity index is 310. The summed E-state index contributed by atoms with van der Waals surface area (Å²) in [6, 6.07) is 4.34. The van der Waals surface area contributed by atoms with Gasteiger partial charge in [-0.1, -0.05) is 0 Å². The molecule has 4 heteroatoms. The minimum atomic E-state index is -0.523. The third-order valence-electron chi connectivity index (χ3n) is 1.58. The van der Waals surface area contributed by atoms with Gasteiger partial charge in [-0.3, -0.25) is 4.79 Å². The molecule has 0 spiro atoms. The molecule has 0 unspecified atom stereocenters. The number of benzene rings is 1. The maximum absolute atomic E-state index is 10.7. The second-order valence-electron chi connectivity index (χ2n) is 2.41. The quantitative estimate of drug-likeness (QED) is 0.575. The molecule has 0 heterocycles. The minimum absolute atomic E-state index is 0.0856. The van der Waals surface area contributed by atoms with Gasteiger partial charge in [0.15, 0.2) is 0 Å². The molecule has 1 aromatic carbocycles. The van der Waals surface area contributed by atoms with E-state index >= 15 is 0 Å². The monoisotopic (exact) mass is 166 g/mol. The van der Waals surface area contributed by atoms with Crippen LogP contribution in [-0.4, -0.2) is 11.0 Å². The van der Waals surface area contributed by atoms with Crippen molar-refractivity contribution in [1.82, 2.24) is 0 Å². The number of nitrogens with two attached hydrogens (primary N) is 2. The number of amides is 1. The zero-order valence-electron chi connectivity index (χ0n) is 6.45. The van der Waals surface area contributed by atoms with Gasteiger partial charge in [-0.2, -0.15) is 0 Å². The molecule has 64 valence electrons. The summed E-state index contributed by atoms with van der Waals surface area (Å²) >= 11 is 0. The highest BCUT2D eigenvalue weighted by molar-refractivity contribution is 5.93. The van der Waals surface area contributed by atoms with Crippen molar-refractivity contribution in [1.29, 1.82) is 0 Å². The van der Waals surface area contributed by atoms with E-state index in [0.717, 1.165) is 0 Å². The van der Waals surface area contributed by atoms with Gasteiger partial charge >= 0.3 is 0 Å². The Morgan fingerprint density at radius 1 is 1.50 bits per heavy atom. The van der Waals surface area contributed by atoms with Crippen LogP contribution in [0.3, 0.4) is 0 Å². The van der Waals surface area contributed by atoms with E-state index in [0.29, 0.717) is 11.1 Å². The van der Waals surface area contributed by atoms with E-state index in [1.165, 1.54) is 18.2 Å². The first-order valence-electron chi connectivity index (χ1n) is 3.47. The van der Waals surface area contributed by atoms with Crippen molar-refractivity contribution in [3.63, 3.8) is 0 Å². The van der Waals surface area contributed by atoms with Crippen LogP contribution in [0.2, 0.25) is 0 Å². The average Bonchev–Trinajstić information content (AvgIpc) is 2.05. The third-order valence-corrected chi connectivity index (χ3v) is 1.58. The summed E-state index contributed by atoms with van der Waals surface area (Å²) in [6.07, 6.45) is 0. The smallest absolute Gasteiger partial charge is 0.248 e. The van der Waals surface area contributed by atoms with Gasteiger partial charge in [-0.15, -0.1) is 0 Å². The summed E-state index contributed by atoms with van der Waals surface area (Å²) in [6.45, 7) is 0.187. The Labute approximate surface area is 69.8 Å². The molecule has 1 amide bonds. The van der Waals surface area contributed by atoms with Crippen molar-refractivity contribution in [3.05, 3.63) is 29.3 Å². The number of phenols is 1. The summed E-state index contributed by atoms with van der Waals surface area (Å²) < 4.78 is 0.